The summed E-state index contributed by atoms with van der Waals surface area (Å²) >= 11 is 12.3. The molecule has 1 fully saturated rings. The van der Waals surface area contributed by atoms with Crippen LogP contribution in [0.15, 0.2) is 12.1 Å². The Labute approximate surface area is 105 Å². The van der Waals surface area contributed by atoms with Crippen LogP contribution in [0.25, 0.3) is 0 Å². The van der Waals surface area contributed by atoms with E-state index in [1.54, 1.807) is 13.2 Å². The van der Waals surface area contributed by atoms with E-state index in [0.29, 0.717) is 15.8 Å². The number of nitrogens with zero attached hydrogens (tertiary/aromatic N) is 1. The Balaban J connectivity index is 2.46. The highest BCUT2D eigenvalue weighted by atomic mass is 35.5. The zero-order chi connectivity index (χ0) is 11.9. The molecule has 1 aliphatic carbocycles. The van der Waals surface area contributed by atoms with Crippen molar-refractivity contribution in [1.82, 2.24) is 0 Å². The molecule has 0 bridgehead atoms. The first-order chi connectivity index (χ1) is 7.54. The van der Waals surface area contributed by atoms with Gasteiger partial charge in [0.2, 0.25) is 0 Å². The van der Waals surface area contributed by atoms with Crippen LogP contribution in [0.2, 0.25) is 10.0 Å². The van der Waals surface area contributed by atoms with Crippen LogP contribution in [0.3, 0.4) is 0 Å². The molecule has 0 radical (unpaired) electrons. The number of hydrogen-bond donors (Lipinski definition) is 0. The van der Waals surface area contributed by atoms with Gasteiger partial charge in [-0.05, 0) is 18.1 Å². The van der Waals surface area contributed by atoms with Crippen molar-refractivity contribution in [3.05, 3.63) is 27.7 Å². The zero-order valence-electron chi connectivity index (χ0n) is 9.05. The largest absolute Gasteiger partial charge is 0.495 e. The van der Waals surface area contributed by atoms with Crippen molar-refractivity contribution in [2.75, 3.05) is 7.11 Å². The Kier molecular flexibility index (Phi) is 2.77. The monoisotopic (exact) mass is 255 g/mol. The number of rotatable bonds is 2. The smallest absolute Gasteiger partial charge is 0.138 e. The van der Waals surface area contributed by atoms with Crippen molar-refractivity contribution in [2.45, 2.75) is 18.8 Å². The number of halogens is 2. The van der Waals surface area contributed by atoms with Crippen molar-refractivity contribution < 1.29 is 4.74 Å². The van der Waals surface area contributed by atoms with Gasteiger partial charge >= 0.3 is 0 Å². The number of hydrogen-bond acceptors (Lipinski definition) is 2. The van der Waals surface area contributed by atoms with Crippen LogP contribution >= 0.6 is 23.2 Å². The predicted octanol–water partition coefficient (Wildman–Crippen LogP) is 3.80. The molecular formula is C12H11Cl2NO. The second-order valence-corrected chi connectivity index (χ2v) is 5.00. The minimum Gasteiger partial charge on any atom is -0.495 e. The summed E-state index contributed by atoms with van der Waals surface area (Å²) in [6.45, 7) is 2.03. The highest BCUT2D eigenvalue weighted by Crippen LogP contribution is 2.56. The molecule has 1 aliphatic rings. The van der Waals surface area contributed by atoms with Crippen molar-refractivity contribution in [2.24, 2.45) is 5.92 Å². The summed E-state index contributed by atoms with van der Waals surface area (Å²) in [6, 6.07) is 5.96. The maximum atomic E-state index is 8.91. The topological polar surface area (TPSA) is 33.0 Å². The predicted molar refractivity (Wildman–Crippen MR) is 64.1 cm³/mol. The summed E-state index contributed by atoms with van der Waals surface area (Å²) in [6.07, 6.45) is 0.839. The molecule has 0 aromatic heterocycles. The maximum absolute atomic E-state index is 8.91. The van der Waals surface area contributed by atoms with E-state index in [1.807, 2.05) is 13.0 Å². The Hall–Kier alpha value is -0.910. The number of benzene rings is 1. The van der Waals surface area contributed by atoms with Crippen molar-refractivity contribution >= 4 is 23.2 Å². The van der Waals surface area contributed by atoms with Gasteiger partial charge in [-0.3, -0.25) is 0 Å². The lowest BCUT2D eigenvalue weighted by molar-refractivity contribution is 0.414. The Morgan fingerprint density at radius 1 is 1.44 bits per heavy atom. The molecule has 0 aliphatic heterocycles. The third-order valence-electron chi connectivity index (χ3n) is 3.28. The molecular weight excluding hydrogens is 245 g/mol. The van der Waals surface area contributed by atoms with E-state index in [4.69, 9.17) is 33.2 Å². The van der Waals surface area contributed by atoms with E-state index in [-0.39, 0.29) is 11.3 Å². The third kappa shape index (κ3) is 1.55. The molecule has 2 nitrogen and oxygen atoms in total. The van der Waals surface area contributed by atoms with E-state index in [0.717, 1.165) is 12.0 Å². The maximum Gasteiger partial charge on any atom is 0.138 e. The standard InChI is InChI=1S/C12H11Cl2NO/c1-12(5-7(12)6-15)8-3-4-9(16-2)11(14)10(8)13/h3-4,7H,5H2,1-2H3. The lowest BCUT2D eigenvalue weighted by atomic mass is 9.95. The fraction of sp³-hybridized carbons (Fsp3) is 0.417. The first-order valence-corrected chi connectivity index (χ1v) is 5.72. The minimum atomic E-state index is -0.151. The van der Waals surface area contributed by atoms with Gasteiger partial charge in [0.15, 0.2) is 0 Å². The zero-order valence-corrected chi connectivity index (χ0v) is 10.6. The fourth-order valence-corrected chi connectivity index (χ4v) is 2.60. The van der Waals surface area contributed by atoms with Crippen LogP contribution in [0, 0.1) is 17.2 Å². The Bertz CT molecular complexity index is 481. The van der Waals surface area contributed by atoms with Gasteiger partial charge in [-0.25, -0.2) is 0 Å². The summed E-state index contributed by atoms with van der Waals surface area (Å²) in [7, 11) is 1.55. The molecule has 0 spiro atoms. The third-order valence-corrected chi connectivity index (χ3v) is 4.14. The number of methoxy groups -OCH3 is 1. The fourth-order valence-electron chi connectivity index (χ4n) is 1.98. The van der Waals surface area contributed by atoms with Gasteiger partial charge in [0, 0.05) is 5.41 Å². The second-order valence-electron chi connectivity index (χ2n) is 4.25. The average Bonchev–Trinajstić information content (AvgIpc) is 2.94. The molecule has 16 heavy (non-hydrogen) atoms. The first-order valence-electron chi connectivity index (χ1n) is 4.96. The summed E-state index contributed by atoms with van der Waals surface area (Å²) < 4.78 is 5.09. The molecule has 1 aromatic rings. The summed E-state index contributed by atoms with van der Waals surface area (Å²) in [5, 5.41) is 9.84. The van der Waals surface area contributed by atoms with E-state index >= 15 is 0 Å². The van der Waals surface area contributed by atoms with Crippen molar-refractivity contribution in [3.8, 4) is 11.8 Å². The molecule has 2 atom stereocenters. The molecule has 0 saturated heterocycles. The molecule has 0 amide bonds. The quantitative estimate of drug-likeness (QED) is 0.806. The van der Waals surface area contributed by atoms with Crippen LogP contribution in [-0.2, 0) is 5.41 Å². The van der Waals surface area contributed by atoms with Gasteiger partial charge in [-0.15, -0.1) is 0 Å². The molecule has 84 valence electrons. The van der Waals surface area contributed by atoms with Gasteiger partial charge in [0.1, 0.15) is 10.8 Å². The van der Waals surface area contributed by atoms with Crippen molar-refractivity contribution in [1.29, 1.82) is 5.26 Å². The summed E-state index contributed by atoms with van der Waals surface area (Å²) in [5.74, 6) is 0.600. The average molecular weight is 256 g/mol. The minimum absolute atomic E-state index is 0.0365. The van der Waals surface area contributed by atoms with Gasteiger partial charge in [0.25, 0.3) is 0 Å². The molecule has 1 saturated carbocycles. The summed E-state index contributed by atoms with van der Waals surface area (Å²) in [4.78, 5) is 0. The van der Waals surface area contributed by atoms with E-state index in [2.05, 4.69) is 6.07 Å². The van der Waals surface area contributed by atoms with Crippen LogP contribution < -0.4 is 4.74 Å². The molecule has 0 N–H and O–H groups in total. The Morgan fingerprint density at radius 3 is 2.62 bits per heavy atom. The SMILES string of the molecule is COc1ccc(C2(C)CC2C#N)c(Cl)c1Cl. The molecule has 2 rings (SSSR count). The normalized spacial score (nSPS) is 27.3. The summed E-state index contributed by atoms with van der Waals surface area (Å²) in [5.41, 5.74) is 0.786. The molecule has 0 heterocycles. The highest BCUT2D eigenvalue weighted by molar-refractivity contribution is 6.43. The van der Waals surface area contributed by atoms with E-state index < -0.39 is 0 Å². The number of ether oxygens (including phenoxy) is 1. The van der Waals surface area contributed by atoms with E-state index in [1.165, 1.54) is 0 Å². The first kappa shape index (κ1) is 11.6. The van der Waals surface area contributed by atoms with Gasteiger partial charge in [-0.2, -0.15) is 5.26 Å². The lowest BCUT2D eigenvalue weighted by Gasteiger charge is -2.14. The second kappa shape index (κ2) is 3.84. The van der Waals surface area contributed by atoms with Crippen LogP contribution in [0.5, 0.6) is 5.75 Å². The van der Waals surface area contributed by atoms with Crippen LogP contribution in [0.4, 0.5) is 0 Å². The van der Waals surface area contributed by atoms with Gasteiger partial charge in [-0.1, -0.05) is 36.2 Å². The molecule has 4 heteroatoms. The van der Waals surface area contributed by atoms with Crippen molar-refractivity contribution in [3.63, 3.8) is 0 Å². The number of nitriles is 1. The van der Waals surface area contributed by atoms with Crippen LogP contribution in [0.1, 0.15) is 18.9 Å². The molecule has 2 unspecified atom stereocenters. The lowest BCUT2D eigenvalue weighted by Crippen LogP contribution is -2.05. The van der Waals surface area contributed by atoms with E-state index in [9.17, 15) is 0 Å². The highest BCUT2D eigenvalue weighted by Gasteiger charge is 2.53. The molecule has 1 aromatic carbocycles. The Morgan fingerprint density at radius 2 is 2.12 bits per heavy atom. The van der Waals surface area contributed by atoms with Gasteiger partial charge in [0.05, 0.1) is 24.1 Å². The van der Waals surface area contributed by atoms with Crippen LogP contribution in [-0.4, -0.2) is 7.11 Å². The van der Waals surface area contributed by atoms with Gasteiger partial charge < -0.3 is 4.74 Å².